The molecule has 1 atom stereocenters. The van der Waals surface area contributed by atoms with Crippen molar-refractivity contribution in [3.8, 4) is 5.69 Å². The molecule has 0 bridgehead atoms. The number of alkyl halides is 3. The van der Waals surface area contributed by atoms with Gasteiger partial charge >= 0.3 is 12.3 Å². The van der Waals surface area contributed by atoms with Gasteiger partial charge in [-0.05, 0) is 45.9 Å². The maximum Gasteiger partial charge on any atom is 0.419 e. The molecule has 0 saturated carbocycles. The van der Waals surface area contributed by atoms with E-state index in [0.717, 1.165) is 10.7 Å². The van der Waals surface area contributed by atoms with Crippen molar-refractivity contribution >= 4 is 11.9 Å². The SMILES string of the molecule is C[C@H]1c2c(nn(-c3ccc(F)c(C(F)(F)F)c3)c2N)CCN1C(=O)OC(C)(C)C. The molecule has 0 unspecified atom stereocenters. The van der Waals surface area contributed by atoms with Gasteiger partial charge in [-0.15, -0.1) is 0 Å². The number of fused-ring (bicyclic) bond motifs is 1. The lowest BCUT2D eigenvalue weighted by Gasteiger charge is -2.34. The van der Waals surface area contributed by atoms with Crippen LogP contribution < -0.4 is 5.73 Å². The summed E-state index contributed by atoms with van der Waals surface area (Å²) in [6.07, 6.45) is -4.99. The van der Waals surface area contributed by atoms with Crippen molar-refractivity contribution in [3.05, 3.63) is 40.8 Å². The second-order valence-corrected chi connectivity index (χ2v) is 7.92. The number of carbonyl (C=O) groups excluding carboxylic acids is 1. The summed E-state index contributed by atoms with van der Waals surface area (Å²) in [5.41, 5.74) is 5.22. The molecule has 1 aliphatic rings. The maximum absolute atomic E-state index is 13.6. The van der Waals surface area contributed by atoms with Gasteiger partial charge in [0.25, 0.3) is 0 Å². The molecule has 10 heteroatoms. The van der Waals surface area contributed by atoms with E-state index in [0.29, 0.717) is 30.3 Å². The van der Waals surface area contributed by atoms with E-state index in [1.807, 2.05) is 0 Å². The van der Waals surface area contributed by atoms with Crippen LogP contribution in [0.2, 0.25) is 0 Å². The minimum Gasteiger partial charge on any atom is -0.444 e. The van der Waals surface area contributed by atoms with Gasteiger partial charge in [-0.25, -0.2) is 13.9 Å². The first-order valence-electron chi connectivity index (χ1n) is 9.03. The van der Waals surface area contributed by atoms with Crippen LogP contribution in [0.4, 0.5) is 28.2 Å². The summed E-state index contributed by atoms with van der Waals surface area (Å²) in [5.74, 6) is -1.28. The van der Waals surface area contributed by atoms with Crippen molar-refractivity contribution in [2.24, 2.45) is 0 Å². The van der Waals surface area contributed by atoms with Gasteiger partial charge in [0.2, 0.25) is 0 Å². The third kappa shape index (κ3) is 4.01. The van der Waals surface area contributed by atoms with Gasteiger partial charge in [0.05, 0.1) is 23.0 Å². The van der Waals surface area contributed by atoms with Crippen molar-refractivity contribution in [3.63, 3.8) is 0 Å². The molecule has 0 radical (unpaired) electrons. The molecule has 2 aromatic rings. The molecule has 2 heterocycles. The van der Waals surface area contributed by atoms with E-state index in [9.17, 15) is 22.4 Å². The van der Waals surface area contributed by atoms with Crippen molar-refractivity contribution in [2.75, 3.05) is 12.3 Å². The van der Waals surface area contributed by atoms with Gasteiger partial charge in [-0.3, -0.25) is 0 Å². The molecule has 0 fully saturated rings. The number of nitrogen functional groups attached to an aromatic ring is 1. The summed E-state index contributed by atoms with van der Waals surface area (Å²) in [6, 6.07) is 2.09. The Hall–Kier alpha value is -2.78. The van der Waals surface area contributed by atoms with Gasteiger partial charge in [0.15, 0.2) is 0 Å². The highest BCUT2D eigenvalue weighted by atomic mass is 19.4. The molecular formula is C19H22F4N4O2. The minimum absolute atomic E-state index is 0.0124. The van der Waals surface area contributed by atoms with Crippen LogP contribution in [0.3, 0.4) is 0 Å². The number of ether oxygens (including phenoxy) is 1. The topological polar surface area (TPSA) is 73.4 Å². The van der Waals surface area contributed by atoms with E-state index >= 15 is 0 Å². The molecule has 29 heavy (non-hydrogen) atoms. The summed E-state index contributed by atoms with van der Waals surface area (Å²) in [5, 5.41) is 4.32. The number of rotatable bonds is 1. The molecule has 1 amide bonds. The fraction of sp³-hybridized carbons (Fsp3) is 0.474. The first kappa shape index (κ1) is 20.9. The fourth-order valence-corrected chi connectivity index (χ4v) is 3.34. The number of anilines is 1. The van der Waals surface area contributed by atoms with E-state index < -0.39 is 35.3 Å². The number of hydrogen-bond donors (Lipinski definition) is 1. The maximum atomic E-state index is 13.6. The van der Waals surface area contributed by atoms with Crippen LogP contribution in [0.5, 0.6) is 0 Å². The highest BCUT2D eigenvalue weighted by molar-refractivity contribution is 5.70. The van der Waals surface area contributed by atoms with Crippen molar-refractivity contribution in [2.45, 2.75) is 51.9 Å². The Bertz CT molecular complexity index is 947. The standard InChI is InChI=1S/C19H22F4N4O2/c1-10-15-14(7-8-26(10)17(28)29-18(2,3)4)25-27(16(15)24)11-5-6-13(20)12(9-11)19(21,22)23/h5-6,9-10H,7-8,24H2,1-4H3/t10-/m0/s1. The number of amides is 1. The Morgan fingerprint density at radius 3 is 2.52 bits per heavy atom. The summed E-state index contributed by atoms with van der Waals surface area (Å²) in [7, 11) is 0. The molecule has 0 saturated heterocycles. The lowest BCUT2D eigenvalue weighted by molar-refractivity contribution is -0.140. The number of nitrogens with two attached hydrogens (primary N) is 1. The van der Waals surface area contributed by atoms with Gasteiger partial charge in [-0.1, -0.05) is 0 Å². The Kier molecular flexibility index (Phi) is 5.00. The van der Waals surface area contributed by atoms with E-state index in [2.05, 4.69) is 5.10 Å². The number of carbonyl (C=O) groups is 1. The molecule has 2 N–H and O–H groups in total. The summed E-state index contributed by atoms with van der Waals surface area (Å²) >= 11 is 0. The largest absolute Gasteiger partial charge is 0.444 e. The van der Waals surface area contributed by atoms with Gasteiger partial charge in [-0.2, -0.15) is 18.3 Å². The Morgan fingerprint density at radius 2 is 1.93 bits per heavy atom. The molecule has 0 aliphatic carbocycles. The third-order valence-electron chi connectivity index (χ3n) is 4.64. The Morgan fingerprint density at radius 1 is 1.28 bits per heavy atom. The van der Waals surface area contributed by atoms with Crippen LogP contribution in [0.1, 0.15) is 50.6 Å². The molecular weight excluding hydrogens is 392 g/mol. The molecule has 158 valence electrons. The first-order chi connectivity index (χ1) is 13.3. The summed E-state index contributed by atoms with van der Waals surface area (Å²) in [6.45, 7) is 7.34. The predicted octanol–water partition coefficient (Wildman–Crippen LogP) is 4.47. The lowest BCUT2D eigenvalue weighted by atomic mass is 10.00. The average Bonchev–Trinajstić information content (AvgIpc) is 2.90. The van der Waals surface area contributed by atoms with Crippen LogP contribution >= 0.6 is 0 Å². The number of benzene rings is 1. The average molecular weight is 414 g/mol. The van der Waals surface area contributed by atoms with Crippen LogP contribution in [0.15, 0.2) is 18.2 Å². The van der Waals surface area contributed by atoms with Crippen LogP contribution in [0, 0.1) is 5.82 Å². The Labute approximate surface area is 165 Å². The highest BCUT2D eigenvalue weighted by Gasteiger charge is 2.37. The van der Waals surface area contributed by atoms with Gasteiger partial charge in [0.1, 0.15) is 17.2 Å². The van der Waals surface area contributed by atoms with E-state index in [-0.39, 0.29) is 11.5 Å². The molecule has 1 aromatic carbocycles. The zero-order valence-electron chi connectivity index (χ0n) is 16.5. The normalized spacial score (nSPS) is 17.2. The molecule has 0 spiro atoms. The number of aromatic nitrogens is 2. The Balaban J connectivity index is 1.99. The molecule has 6 nitrogen and oxygen atoms in total. The van der Waals surface area contributed by atoms with E-state index in [1.54, 1.807) is 27.7 Å². The minimum atomic E-state index is -4.84. The van der Waals surface area contributed by atoms with Crippen molar-refractivity contribution < 1.29 is 27.1 Å². The smallest absolute Gasteiger partial charge is 0.419 e. The second kappa shape index (κ2) is 6.93. The van der Waals surface area contributed by atoms with E-state index in [1.165, 1.54) is 11.0 Å². The number of nitrogens with zero attached hydrogens (tertiary/aromatic N) is 3. The number of halogens is 4. The highest BCUT2D eigenvalue weighted by Crippen LogP contribution is 2.37. The monoisotopic (exact) mass is 414 g/mol. The molecule has 1 aliphatic heterocycles. The fourth-order valence-electron chi connectivity index (χ4n) is 3.34. The zero-order chi connectivity index (χ0) is 21.7. The predicted molar refractivity (Wildman–Crippen MR) is 98.0 cm³/mol. The molecule has 3 rings (SSSR count). The van der Waals surface area contributed by atoms with E-state index in [4.69, 9.17) is 10.5 Å². The third-order valence-corrected chi connectivity index (χ3v) is 4.64. The lowest BCUT2D eigenvalue weighted by Crippen LogP contribution is -2.42. The summed E-state index contributed by atoms with van der Waals surface area (Å²) in [4.78, 5) is 14.0. The number of hydrogen-bond acceptors (Lipinski definition) is 4. The van der Waals surface area contributed by atoms with Gasteiger partial charge in [0, 0.05) is 18.5 Å². The van der Waals surface area contributed by atoms with Crippen molar-refractivity contribution in [1.82, 2.24) is 14.7 Å². The van der Waals surface area contributed by atoms with Crippen molar-refractivity contribution in [1.29, 1.82) is 0 Å². The summed E-state index contributed by atoms with van der Waals surface area (Å²) < 4.78 is 59.3. The molecule has 1 aromatic heterocycles. The van der Waals surface area contributed by atoms with Gasteiger partial charge < -0.3 is 15.4 Å². The quantitative estimate of drug-likeness (QED) is 0.699. The van der Waals surface area contributed by atoms with Crippen LogP contribution in [0.25, 0.3) is 5.69 Å². The zero-order valence-corrected chi connectivity index (χ0v) is 16.5. The first-order valence-corrected chi connectivity index (χ1v) is 9.03. The second-order valence-electron chi connectivity index (χ2n) is 7.92. The van der Waals surface area contributed by atoms with Crippen LogP contribution in [-0.4, -0.2) is 32.9 Å². The van der Waals surface area contributed by atoms with Crippen LogP contribution in [-0.2, 0) is 17.3 Å².